The summed E-state index contributed by atoms with van der Waals surface area (Å²) in [7, 11) is 0. The van der Waals surface area contributed by atoms with Crippen LogP contribution in [0.15, 0.2) is 36.4 Å². The van der Waals surface area contributed by atoms with Gasteiger partial charge in [0, 0.05) is 5.56 Å². The Hall–Kier alpha value is -1.98. The minimum atomic E-state index is -2.39. The number of halogens is 3. The van der Waals surface area contributed by atoms with Gasteiger partial charge in [0.15, 0.2) is 12.0 Å². The molecule has 3 nitrogen and oxygen atoms in total. The molecule has 1 N–H and O–H groups in total. The molecule has 1 rings (SSSR count). The molecule has 0 amide bonds. The second kappa shape index (κ2) is 5.20. The first-order valence-electron chi connectivity index (χ1n) is 4.15. The third-order valence-electron chi connectivity index (χ3n) is 1.74. The topological polar surface area (TPSA) is 46.5 Å². The number of benzene rings is 1. The number of carbonyl (C=O) groups is 1. The molecule has 1 aromatic rings. The summed E-state index contributed by atoms with van der Waals surface area (Å²) in [4.78, 5) is 10.3. The van der Waals surface area contributed by atoms with Crippen LogP contribution >= 0.6 is 0 Å². The van der Waals surface area contributed by atoms with Crippen molar-refractivity contribution in [2.24, 2.45) is 0 Å². The van der Waals surface area contributed by atoms with Gasteiger partial charge in [-0.1, -0.05) is 18.2 Å². The lowest BCUT2D eigenvalue weighted by atomic mass is 10.1. The number of rotatable bonds is 3. The van der Waals surface area contributed by atoms with Crippen LogP contribution in [0.5, 0.6) is 5.75 Å². The van der Waals surface area contributed by atoms with Crippen LogP contribution in [0.3, 0.4) is 0 Å². The summed E-state index contributed by atoms with van der Waals surface area (Å²) in [5, 5.41) is 8.34. The van der Waals surface area contributed by atoms with Crippen LogP contribution in [0.4, 0.5) is 18.0 Å². The molecular formula is C10H7F3O3. The van der Waals surface area contributed by atoms with E-state index in [1.807, 2.05) is 0 Å². The van der Waals surface area contributed by atoms with Crippen molar-refractivity contribution in [3.63, 3.8) is 0 Å². The van der Waals surface area contributed by atoms with E-state index in [2.05, 4.69) is 4.74 Å². The molecule has 0 aliphatic heterocycles. The monoisotopic (exact) mass is 232 g/mol. The standard InChI is InChI=1S/C10H7F3O3/c11-5-7(12)9(13)6-3-1-2-4-8(6)16-10(14)15/h1-5,9H,(H,14,15). The highest BCUT2D eigenvalue weighted by Crippen LogP contribution is 2.33. The number of carboxylic acid groups (broad SMARTS) is 1. The molecule has 0 aliphatic carbocycles. The Kier molecular flexibility index (Phi) is 3.93. The van der Waals surface area contributed by atoms with Gasteiger partial charge < -0.3 is 9.84 Å². The summed E-state index contributed by atoms with van der Waals surface area (Å²) < 4.78 is 41.9. The van der Waals surface area contributed by atoms with Crippen molar-refractivity contribution in [3.05, 3.63) is 42.0 Å². The smallest absolute Gasteiger partial charge is 0.449 e. The van der Waals surface area contributed by atoms with E-state index in [9.17, 15) is 18.0 Å². The number of alkyl halides is 1. The fraction of sp³-hybridized carbons (Fsp3) is 0.100. The summed E-state index contributed by atoms with van der Waals surface area (Å²) in [6.07, 6.45) is -4.58. The Balaban J connectivity index is 3.07. The molecular weight excluding hydrogens is 225 g/mol. The van der Waals surface area contributed by atoms with Crippen LogP contribution in [0.2, 0.25) is 0 Å². The summed E-state index contributed by atoms with van der Waals surface area (Å²) in [5.41, 5.74) is -0.392. The highest BCUT2D eigenvalue weighted by atomic mass is 19.2. The quantitative estimate of drug-likeness (QED) is 0.640. The Morgan fingerprint density at radius 3 is 2.62 bits per heavy atom. The van der Waals surface area contributed by atoms with E-state index in [-0.39, 0.29) is 5.75 Å². The van der Waals surface area contributed by atoms with Crippen molar-refractivity contribution in [2.75, 3.05) is 0 Å². The summed E-state index contributed by atoms with van der Waals surface area (Å²) in [6, 6.07) is 4.97. The molecule has 0 aromatic heterocycles. The first kappa shape index (κ1) is 12.1. The van der Waals surface area contributed by atoms with E-state index >= 15 is 0 Å². The van der Waals surface area contributed by atoms with Gasteiger partial charge in [-0.15, -0.1) is 0 Å². The second-order valence-electron chi connectivity index (χ2n) is 2.76. The maximum Gasteiger partial charge on any atom is 0.511 e. The maximum atomic E-state index is 13.3. The zero-order valence-electron chi connectivity index (χ0n) is 7.86. The van der Waals surface area contributed by atoms with Gasteiger partial charge in [-0.05, 0) is 6.07 Å². The number of hydrogen-bond acceptors (Lipinski definition) is 2. The van der Waals surface area contributed by atoms with Crippen LogP contribution in [-0.2, 0) is 0 Å². The van der Waals surface area contributed by atoms with Gasteiger partial charge in [0.1, 0.15) is 12.1 Å². The first-order valence-corrected chi connectivity index (χ1v) is 4.15. The fourth-order valence-electron chi connectivity index (χ4n) is 1.08. The molecule has 1 unspecified atom stereocenters. The van der Waals surface area contributed by atoms with Gasteiger partial charge in [-0.2, -0.15) is 0 Å². The van der Waals surface area contributed by atoms with E-state index in [0.29, 0.717) is 0 Å². The Labute approximate surface area is 88.8 Å². The third kappa shape index (κ3) is 2.75. The number of hydrogen-bond donors (Lipinski definition) is 1. The average molecular weight is 232 g/mol. The summed E-state index contributed by atoms with van der Waals surface area (Å²) >= 11 is 0. The largest absolute Gasteiger partial charge is 0.511 e. The molecule has 1 atom stereocenters. The van der Waals surface area contributed by atoms with E-state index in [1.165, 1.54) is 12.1 Å². The van der Waals surface area contributed by atoms with Crippen molar-refractivity contribution in [1.82, 2.24) is 0 Å². The lowest BCUT2D eigenvalue weighted by Crippen LogP contribution is -2.06. The summed E-state index contributed by atoms with van der Waals surface area (Å²) in [6.45, 7) is 0. The number of ether oxygens (including phenoxy) is 1. The maximum absolute atomic E-state index is 13.3. The van der Waals surface area contributed by atoms with E-state index in [0.717, 1.165) is 12.1 Å². The number of allylic oxidation sites excluding steroid dienone is 1. The molecule has 0 saturated heterocycles. The van der Waals surface area contributed by atoms with Gasteiger partial charge in [0.05, 0.1) is 0 Å². The van der Waals surface area contributed by atoms with Crippen molar-refractivity contribution < 1.29 is 27.8 Å². The van der Waals surface area contributed by atoms with Gasteiger partial charge in [0.25, 0.3) is 0 Å². The van der Waals surface area contributed by atoms with Crippen LogP contribution in [0.1, 0.15) is 11.7 Å². The third-order valence-corrected chi connectivity index (χ3v) is 1.74. The molecule has 0 heterocycles. The van der Waals surface area contributed by atoms with Crippen LogP contribution < -0.4 is 4.74 Å². The predicted octanol–water partition coefficient (Wildman–Crippen LogP) is 3.53. The zero-order valence-corrected chi connectivity index (χ0v) is 7.86. The van der Waals surface area contributed by atoms with Gasteiger partial charge >= 0.3 is 6.16 Å². The molecule has 0 aliphatic rings. The molecule has 0 spiro atoms. The molecule has 1 aromatic carbocycles. The Morgan fingerprint density at radius 1 is 1.44 bits per heavy atom. The first-order chi connectivity index (χ1) is 7.56. The van der Waals surface area contributed by atoms with E-state index in [1.54, 1.807) is 0 Å². The highest BCUT2D eigenvalue weighted by molar-refractivity contribution is 5.62. The predicted molar refractivity (Wildman–Crippen MR) is 49.2 cm³/mol. The lowest BCUT2D eigenvalue weighted by Gasteiger charge is -2.09. The summed E-state index contributed by atoms with van der Waals surface area (Å²) in [5.74, 6) is -2.03. The minimum absolute atomic E-state index is 0.375. The molecule has 0 saturated carbocycles. The fourth-order valence-corrected chi connectivity index (χ4v) is 1.08. The van der Waals surface area contributed by atoms with E-state index in [4.69, 9.17) is 5.11 Å². The lowest BCUT2D eigenvalue weighted by molar-refractivity contribution is 0.143. The second-order valence-corrected chi connectivity index (χ2v) is 2.76. The molecule has 0 fully saturated rings. The van der Waals surface area contributed by atoms with Crippen molar-refractivity contribution in [3.8, 4) is 5.75 Å². The Bertz CT molecular complexity index is 418. The zero-order chi connectivity index (χ0) is 12.1. The SMILES string of the molecule is O=C(O)Oc1ccccc1C(F)C(F)=CF. The van der Waals surface area contributed by atoms with Crippen LogP contribution in [0, 0.1) is 0 Å². The molecule has 86 valence electrons. The number of para-hydroxylation sites is 1. The molecule has 16 heavy (non-hydrogen) atoms. The average Bonchev–Trinajstić information content (AvgIpc) is 2.27. The van der Waals surface area contributed by atoms with Gasteiger partial charge in [0.2, 0.25) is 0 Å². The molecule has 6 heteroatoms. The highest BCUT2D eigenvalue weighted by Gasteiger charge is 2.21. The molecule has 0 radical (unpaired) electrons. The molecule has 0 bridgehead atoms. The van der Waals surface area contributed by atoms with Crippen LogP contribution in [0.25, 0.3) is 0 Å². The van der Waals surface area contributed by atoms with Gasteiger partial charge in [-0.3, -0.25) is 0 Å². The van der Waals surface area contributed by atoms with Gasteiger partial charge in [-0.25, -0.2) is 18.0 Å². The Morgan fingerprint density at radius 2 is 2.06 bits per heavy atom. The normalized spacial score (nSPS) is 13.3. The minimum Gasteiger partial charge on any atom is -0.449 e. The van der Waals surface area contributed by atoms with Crippen molar-refractivity contribution in [2.45, 2.75) is 6.17 Å². The van der Waals surface area contributed by atoms with Crippen molar-refractivity contribution >= 4 is 6.16 Å². The van der Waals surface area contributed by atoms with E-state index < -0.39 is 30.0 Å². The van der Waals surface area contributed by atoms with Crippen molar-refractivity contribution in [1.29, 1.82) is 0 Å². The van der Waals surface area contributed by atoms with Crippen LogP contribution in [-0.4, -0.2) is 11.3 Å².